The first-order valence-electron chi connectivity index (χ1n) is 15.4. The number of Topliss-reactive ketones (excluding diaryl/α,β-unsaturated/α-hetero) is 1. The molecule has 0 saturated heterocycles. The lowest BCUT2D eigenvalue weighted by Crippen LogP contribution is -2.16. The molecule has 0 atom stereocenters. The Kier molecular flexibility index (Phi) is 12.5. The molecule has 0 spiro atoms. The van der Waals surface area contributed by atoms with Crippen molar-refractivity contribution in [1.29, 1.82) is 0 Å². The van der Waals surface area contributed by atoms with Crippen molar-refractivity contribution in [2.45, 2.75) is 59.8 Å². The fourth-order valence-corrected chi connectivity index (χ4v) is 6.38. The summed E-state index contributed by atoms with van der Waals surface area (Å²) in [6, 6.07) is 7.78. The molecule has 47 heavy (non-hydrogen) atoms. The van der Waals surface area contributed by atoms with Crippen LogP contribution in [0.1, 0.15) is 117 Å². The number of nitrogens with zero attached hydrogens (tertiary/aromatic N) is 3. The van der Waals surface area contributed by atoms with Gasteiger partial charge in [-0.3, -0.25) is 23.7 Å². The average Bonchev–Trinajstić information content (AvgIpc) is 3.68. The fourth-order valence-electron chi connectivity index (χ4n) is 4.82. The molecule has 0 saturated carbocycles. The third kappa shape index (κ3) is 8.17. The molecule has 12 nitrogen and oxygen atoms in total. The number of H-pyrrole nitrogens is 1. The van der Waals surface area contributed by atoms with Crippen molar-refractivity contribution < 1.29 is 38.2 Å². The van der Waals surface area contributed by atoms with Gasteiger partial charge in [0.15, 0.2) is 17.4 Å². The zero-order valence-electron chi connectivity index (χ0n) is 26.7. The third-order valence-electron chi connectivity index (χ3n) is 7.10. The van der Waals surface area contributed by atoms with Crippen molar-refractivity contribution in [3.05, 3.63) is 58.7 Å². The van der Waals surface area contributed by atoms with Crippen LogP contribution in [-0.4, -0.2) is 78.1 Å². The Hall–Kier alpha value is -4.30. The van der Waals surface area contributed by atoms with Crippen molar-refractivity contribution in [2.75, 3.05) is 24.7 Å². The van der Waals surface area contributed by atoms with Crippen molar-refractivity contribution >= 4 is 79.5 Å². The maximum atomic E-state index is 13.1. The standard InChI is InChI=1S/C33H36N4O8S2/c1-5-24(38)26-20(31(41)45-8-4)13-15-22-27(26)36-28(34-22)32(42)46-16-10-9-11-17-47-33(43)29-35-21-14-12-19(30(40)44-7-3)18-23(21)37(29)25(39)6-2/h12-15,18H,5-11,16-17H2,1-4H3,(H,34,36). The largest absolute Gasteiger partial charge is 0.462 e. The number of ketones is 1. The highest BCUT2D eigenvalue weighted by Crippen LogP contribution is 2.26. The molecule has 248 valence electrons. The number of hydrogen-bond donors (Lipinski definition) is 1. The van der Waals surface area contributed by atoms with Crippen LogP contribution < -0.4 is 0 Å². The smallest absolute Gasteiger partial charge is 0.338 e. The number of imidazole rings is 2. The number of carbonyl (C=O) groups is 6. The topological polar surface area (TPSA) is 167 Å². The van der Waals surface area contributed by atoms with E-state index in [2.05, 4.69) is 15.0 Å². The van der Waals surface area contributed by atoms with Gasteiger partial charge < -0.3 is 14.5 Å². The molecule has 0 aliphatic rings. The number of rotatable bonds is 15. The van der Waals surface area contributed by atoms with E-state index in [-0.39, 0.29) is 81.8 Å². The second-order valence-electron chi connectivity index (χ2n) is 10.2. The number of esters is 2. The monoisotopic (exact) mass is 680 g/mol. The maximum absolute atomic E-state index is 13.1. The van der Waals surface area contributed by atoms with E-state index in [1.807, 2.05) is 0 Å². The molecule has 2 aromatic heterocycles. The van der Waals surface area contributed by atoms with Gasteiger partial charge in [0.25, 0.3) is 10.2 Å². The lowest BCUT2D eigenvalue weighted by molar-refractivity contribution is 0.0516. The number of thioether (sulfide) groups is 2. The fraction of sp³-hybridized carbons (Fsp3) is 0.394. The molecule has 0 radical (unpaired) electrons. The molecular weight excluding hydrogens is 645 g/mol. The van der Waals surface area contributed by atoms with Gasteiger partial charge in [0.2, 0.25) is 5.91 Å². The molecule has 2 heterocycles. The van der Waals surface area contributed by atoms with Gasteiger partial charge in [-0.1, -0.05) is 43.8 Å². The van der Waals surface area contributed by atoms with E-state index in [9.17, 15) is 28.8 Å². The molecule has 0 aliphatic heterocycles. The first-order chi connectivity index (χ1) is 22.6. The van der Waals surface area contributed by atoms with E-state index in [0.29, 0.717) is 40.9 Å². The van der Waals surface area contributed by atoms with Crippen molar-refractivity contribution in [2.24, 2.45) is 0 Å². The maximum Gasteiger partial charge on any atom is 0.338 e. The molecule has 0 bridgehead atoms. The quantitative estimate of drug-likeness (QED) is 0.0821. The Balaban J connectivity index is 1.31. The minimum absolute atomic E-state index is 0.0167. The van der Waals surface area contributed by atoms with Crippen LogP contribution in [0, 0.1) is 0 Å². The molecule has 4 aromatic rings. The van der Waals surface area contributed by atoms with E-state index in [1.165, 1.54) is 16.7 Å². The number of aromatic amines is 1. The van der Waals surface area contributed by atoms with Crippen LogP contribution in [0.3, 0.4) is 0 Å². The first-order valence-corrected chi connectivity index (χ1v) is 17.4. The van der Waals surface area contributed by atoms with Gasteiger partial charge in [-0.05, 0) is 57.0 Å². The summed E-state index contributed by atoms with van der Waals surface area (Å²) in [5, 5.41) is -0.633. The Labute approximate surface area is 279 Å². The molecular formula is C33H36N4O8S2. The number of hydrogen-bond acceptors (Lipinski definition) is 12. The molecule has 14 heteroatoms. The zero-order valence-corrected chi connectivity index (χ0v) is 28.3. The van der Waals surface area contributed by atoms with Crippen LogP contribution in [-0.2, 0) is 9.47 Å². The number of carbonyl (C=O) groups excluding carboxylic acids is 6. The predicted molar refractivity (Wildman–Crippen MR) is 181 cm³/mol. The van der Waals surface area contributed by atoms with Gasteiger partial charge in [-0.15, -0.1) is 0 Å². The summed E-state index contributed by atoms with van der Waals surface area (Å²) in [4.78, 5) is 87.8. The van der Waals surface area contributed by atoms with Crippen LogP contribution in [0.2, 0.25) is 0 Å². The summed E-state index contributed by atoms with van der Waals surface area (Å²) >= 11 is 2.16. The summed E-state index contributed by atoms with van der Waals surface area (Å²) in [5.74, 6) is -0.592. The lowest BCUT2D eigenvalue weighted by Gasteiger charge is -2.07. The van der Waals surface area contributed by atoms with Crippen LogP contribution in [0.25, 0.3) is 22.1 Å². The van der Waals surface area contributed by atoms with Crippen LogP contribution in [0.5, 0.6) is 0 Å². The molecule has 0 aliphatic carbocycles. The van der Waals surface area contributed by atoms with E-state index in [4.69, 9.17) is 9.47 Å². The summed E-state index contributed by atoms with van der Waals surface area (Å²) in [6.45, 7) is 7.13. The van der Waals surface area contributed by atoms with E-state index >= 15 is 0 Å². The highest BCUT2D eigenvalue weighted by molar-refractivity contribution is 8.14. The Morgan fingerprint density at radius 2 is 1.47 bits per heavy atom. The van der Waals surface area contributed by atoms with Gasteiger partial charge in [-0.2, -0.15) is 0 Å². The number of aromatic nitrogens is 4. The van der Waals surface area contributed by atoms with Gasteiger partial charge in [-0.25, -0.2) is 19.6 Å². The third-order valence-corrected chi connectivity index (χ3v) is 8.98. The van der Waals surface area contributed by atoms with E-state index < -0.39 is 11.9 Å². The van der Waals surface area contributed by atoms with E-state index in [0.717, 1.165) is 29.9 Å². The second-order valence-corrected chi connectivity index (χ2v) is 12.4. The molecule has 4 rings (SSSR count). The molecule has 0 amide bonds. The van der Waals surface area contributed by atoms with Gasteiger partial charge in [0.1, 0.15) is 5.52 Å². The Bertz CT molecular complexity index is 1840. The number of nitrogens with one attached hydrogen (secondary N) is 1. The highest BCUT2D eigenvalue weighted by atomic mass is 32.2. The number of fused-ring (bicyclic) bond motifs is 2. The minimum atomic E-state index is -0.617. The normalized spacial score (nSPS) is 11.1. The van der Waals surface area contributed by atoms with Crippen LogP contribution in [0.15, 0.2) is 30.3 Å². The number of ether oxygens (including phenoxy) is 2. The molecule has 2 aromatic carbocycles. The second kappa shape index (κ2) is 16.5. The first kappa shape index (κ1) is 35.6. The van der Waals surface area contributed by atoms with Crippen molar-refractivity contribution in [1.82, 2.24) is 19.5 Å². The molecule has 0 fully saturated rings. The predicted octanol–water partition coefficient (Wildman–Crippen LogP) is 6.53. The minimum Gasteiger partial charge on any atom is -0.462 e. The zero-order chi connectivity index (χ0) is 34.1. The average molecular weight is 681 g/mol. The van der Waals surface area contributed by atoms with Gasteiger partial charge in [0, 0.05) is 24.3 Å². The summed E-state index contributed by atoms with van der Waals surface area (Å²) < 4.78 is 11.4. The lowest BCUT2D eigenvalue weighted by atomic mass is 10.00. The number of benzene rings is 2. The summed E-state index contributed by atoms with van der Waals surface area (Å²) in [5.41, 5.74) is 2.10. The van der Waals surface area contributed by atoms with Gasteiger partial charge in [0.05, 0.1) is 46.5 Å². The molecule has 1 N–H and O–H groups in total. The van der Waals surface area contributed by atoms with Crippen molar-refractivity contribution in [3.63, 3.8) is 0 Å². The van der Waals surface area contributed by atoms with Crippen LogP contribution in [0.4, 0.5) is 0 Å². The highest BCUT2D eigenvalue weighted by Gasteiger charge is 2.25. The van der Waals surface area contributed by atoms with E-state index in [1.54, 1.807) is 45.9 Å². The van der Waals surface area contributed by atoms with Crippen molar-refractivity contribution in [3.8, 4) is 0 Å². The Morgan fingerprint density at radius 1 is 0.787 bits per heavy atom. The summed E-state index contributed by atoms with van der Waals surface area (Å²) in [7, 11) is 0. The summed E-state index contributed by atoms with van der Waals surface area (Å²) in [6.07, 6.45) is 2.48. The molecule has 0 unspecified atom stereocenters. The Morgan fingerprint density at radius 3 is 2.13 bits per heavy atom. The van der Waals surface area contributed by atoms with Gasteiger partial charge >= 0.3 is 11.9 Å². The number of unbranched alkanes of at least 4 members (excludes halogenated alkanes) is 2. The SMILES string of the molecule is CCOC(=O)c1ccc2nc(C(=O)SCCCCCSC(=O)c3nc4c(C(=O)CC)c(C(=O)OCC)ccc4[nH]3)n(C(=O)CC)c2c1. The van der Waals surface area contributed by atoms with Crippen LogP contribution >= 0.6 is 23.5 Å².